The Morgan fingerprint density at radius 3 is 2.43 bits per heavy atom. The number of aliphatic hydroxyl groups is 1. The Bertz CT molecular complexity index is 300. The first kappa shape index (κ1) is 15.8. The van der Waals surface area contributed by atoms with Crippen molar-refractivity contribution in [1.82, 2.24) is 10.2 Å². The molecule has 3 aliphatic rings. The van der Waals surface area contributed by atoms with Gasteiger partial charge in [0.25, 0.3) is 0 Å². The number of likely N-dealkylation sites (tertiary alicyclic amines) is 1. The maximum Gasteiger partial charge on any atom is 0.0558 e. The second-order valence-electron chi connectivity index (χ2n) is 7.87. The molecule has 0 aromatic rings. The van der Waals surface area contributed by atoms with Gasteiger partial charge in [0.15, 0.2) is 0 Å². The van der Waals surface area contributed by atoms with Gasteiger partial charge in [-0.1, -0.05) is 32.1 Å². The van der Waals surface area contributed by atoms with Crippen LogP contribution < -0.4 is 5.32 Å². The lowest BCUT2D eigenvalue weighted by molar-refractivity contribution is 0.107. The van der Waals surface area contributed by atoms with Crippen LogP contribution in [0.4, 0.5) is 0 Å². The largest absolute Gasteiger partial charge is 0.395 e. The first-order valence-corrected chi connectivity index (χ1v) is 9.40. The van der Waals surface area contributed by atoms with Gasteiger partial charge in [-0.3, -0.25) is 4.90 Å². The van der Waals surface area contributed by atoms with Gasteiger partial charge in [-0.05, 0) is 50.0 Å². The molecule has 3 fully saturated rings. The average molecular weight is 294 g/mol. The lowest BCUT2D eigenvalue weighted by Gasteiger charge is -2.39. The lowest BCUT2D eigenvalue weighted by Crippen LogP contribution is -2.51. The number of nitrogens with one attached hydrogen (secondary N) is 1. The van der Waals surface area contributed by atoms with Crippen LogP contribution in [-0.4, -0.2) is 48.8 Å². The summed E-state index contributed by atoms with van der Waals surface area (Å²) in [5.41, 5.74) is 0. The fraction of sp³-hybridized carbons (Fsp3) is 1.00. The van der Waals surface area contributed by atoms with Crippen LogP contribution in [0, 0.1) is 17.8 Å². The van der Waals surface area contributed by atoms with Gasteiger partial charge in [0.05, 0.1) is 6.61 Å². The Balaban J connectivity index is 1.44. The van der Waals surface area contributed by atoms with Crippen LogP contribution in [0.2, 0.25) is 0 Å². The minimum atomic E-state index is 0.311. The average Bonchev–Trinajstić information content (AvgIpc) is 3.30. The van der Waals surface area contributed by atoms with E-state index >= 15 is 0 Å². The van der Waals surface area contributed by atoms with E-state index in [4.69, 9.17) is 0 Å². The van der Waals surface area contributed by atoms with Crippen molar-refractivity contribution >= 4 is 0 Å². The topological polar surface area (TPSA) is 35.5 Å². The number of β-amino-alcohol motifs (C(OH)–C–C–N with tert-alkyl or cyclic N) is 1. The van der Waals surface area contributed by atoms with Gasteiger partial charge in [-0.2, -0.15) is 0 Å². The van der Waals surface area contributed by atoms with E-state index in [2.05, 4.69) is 10.2 Å². The summed E-state index contributed by atoms with van der Waals surface area (Å²) in [6, 6.07) is 0.663. The van der Waals surface area contributed by atoms with Crippen LogP contribution in [0.3, 0.4) is 0 Å². The fourth-order valence-corrected chi connectivity index (χ4v) is 4.49. The normalized spacial score (nSPS) is 32.4. The predicted molar refractivity (Wildman–Crippen MR) is 87.3 cm³/mol. The molecule has 0 bridgehead atoms. The predicted octanol–water partition coefficient (Wildman–Crippen LogP) is 2.64. The third-order valence-corrected chi connectivity index (χ3v) is 5.81. The van der Waals surface area contributed by atoms with Crippen molar-refractivity contribution in [1.29, 1.82) is 0 Å². The van der Waals surface area contributed by atoms with E-state index in [-0.39, 0.29) is 0 Å². The first-order chi connectivity index (χ1) is 10.3. The second-order valence-corrected chi connectivity index (χ2v) is 7.87. The molecule has 1 aliphatic heterocycles. The molecule has 1 saturated heterocycles. The summed E-state index contributed by atoms with van der Waals surface area (Å²) in [7, 11) is 0. The zero-order valence-corrected chi connectivity index (χ0v) is 13.6. The molecule has 3 nitrogen and oxygen atoms in total. The second kappa shape index (κ2) is 7.94. The highest BCUT2D eigenvalue weighted by atomic mass is 16.3. The van der Waals surface area contributed by atoms with Crippen molar-refractivity contribution in [2.24, 2.45) is 17.8 Å². The van der Waals surface area contributed by atoms with Gasteiger partial charge >= 0.3 is 0 Å². The highest BCUT2D eigenvalue weighted by Crippen LogP contribution is 2.37. The van der Waals surface area contributed by atoms with Gasteiger partial charge in [0, 0.05) is 25.7 Å². The van der Waals surface area contributed by atoms with E-state index in [0.717, 1.165) is 30.8 Å². The zero-order valence-electron chi connectivity index (χ0n) is 13.6. The monoisotopic (exact) mass is 294 g/mol. The minimum absolute atomic E-state index is 0.311. The lowest BCUT2D eigenvalue weighted by atomic mass is 9.87. The molecular formula is C18H34N2O. The maximum absolute atomic E-state index is 9.26. The maximum atomic E-state index is 9.26. The molecular weight excluding hydrogens is 260 g/mol. The van der Waals surface area contributed by atoms with Crippen LogP contribution in [0.5, 0.6) is 0 Å². The summed E-state index contributed by atoms with van der Waals surface area (Å²) in [5, 5.41) is 13.1. The number of rotatable bonds is 7. The molecule has 2 saturated carbocycles. The number of hydrogen-bond acceptors (Lipinski definition) is 3. The number of nitrogens with zero attached hydrogens (tertiary/aromatic N) is 1. The van der Waals surface area contributed by atoms with Crippen molar-refractivity contribution in [2.45, 2.75) is 63.8 Å². The van der Waals surface area contributed by atoms with E-state index in [0.29, 0.717) is 12.6 Å². The summed E-state index contributed by atoms with van der Waals surface area (Å²) in [4.78, 5) is 2.50. The van der Waals surface area contributed by atoms with Crippen molar-refractivity contribution < 1.29 is 5.11 Å². The molecule has 2 unspecified atom stereocenters. The van der Waals surface area contributed by atoms with Gasteiger partial charge in [-0.15, -0.1) is 0 Å². The Morgan fingerprint density at radius 2 is 1.71 bits per heavy atom. The summed E-state index contributed by atoms with van der Waals surface area (Å²) >= 11 is 0. The smallest absolute Gasteiger partial charge is 0.0558 e. The Labute approximate surface area is 130 Å². The molecule has 3 heteroatoms. The molecule has 0 aromatic heterocycles. The van der Waals surface area contributed by atoms with Gasteiger partial charge < -0.3 is 10.4 Å². The van der Waals surface area contributed by atoms with Crippen LogP contribution >= 0.6 is 0 Å². The fourth-order valence-electron chi connectivity index (χ4n) is 4.49. The van der Waals surface area contributed by atoms with E-state index < -0.39 is 0 Å². The van der Waals surface area contributed by atoms with Crippen LogP contribution in [0.15, 0.2) is 0 Å². The molecule has 2 atom stereocenters. The summed E-state index contributed by atoms with van der Waals surface area (Å²) in [6.07, 6.45) is 12.9. The Morgan fingerprint density at radius 1 is 0.905 bits per heavy atom. The standard InChI is InChI=1S/C18H34N2O/c21-9-8-20-13-17(10-15-6-7-15)11-18(14-20)19-12-16-4-2-1-3-5-16/h15-19,21H,1-14H2. The Kier molecular flexibility index (Phi) is 5.96. The molecule has 2 aliphatic carbocycles. The molecule has 1 heterocycles. The van der Waals surface area contributed by atoms with Crippen molar-refractivity contribution in [3.8, 4) is 0 Å². The molecule has 2 N–H and O–H groups in total. The van der Waals surface area contributed by atoms with E-state index in [9.17, 15) is 5.11 Å². The summed E-state index contributed by atoms with van der Waals surface area (Å²) in [6.45, 7) is 4.77. The third kappa shape index (κ3) is 5.22. The van der Waals surface area contributed by atoms with Crippen LogP contribution in [-0.2, 0) is 0 Å². The molecule has 0 amide bonds. The van der Waals surface area contributed by atoms with Gasteiger partial charge in [0.1, 0.15) is 0 Å². The minimum Gasteiger partial charge on any atom is -0.395 e. The van der Waals surface area contributed by atoms with Gasteiger partial charge in [0.2, 0.25) is 0 Å². The summed E-state index contributed by atoms with van der Waals surface area (Å²) in [5.74, 6) is 2.82. The molecule has 0 aromatic carbocycles. The number of hydrogen-bond donors (Lipinski definition) is 2. The molecule has 122 valence electrons. The van der Waals surface area contributed by atoms with E-state index in [1.807, 2.05) is 0 Å². The van der Waals surface area contributed by atoms with Crippen LogP contribution in [0.1, 0.15) is 57.8 Å². The quantitative estimate of drug-likeness (QED) is 0.758. The highest BCUT2D eigenvalue weighted by Gasteiger charge is 2.32. The third-order valence-electron chi connectivity index (χ3n) is 5.81. The summed E-state index contributed by atoms with van der Waals surface area (Å²) < 4.78 is 0. The van der Waals surface area contributed by atoms with Crippen LogP contribution in [0.25, 0.3) is 0 Å². The SMILES string of the molecule is OCCN1CC(CC2CC2)CC(NCC2CCCCC2)C1. The van der Waals surface area contributed by atoms with E-state index in [1.165, 1.54) is 70.9 Å². The Hall–Kier alpha value is -0.120. The number of piperidine rings is 1. The first-order valence-electron chi connectivity index (χ1n) is 9.40. The molecule has 0 radical (unpaired) electrons. The van der Waals surface area contributed by atoms with Crippen molar-refractivity contribution in [2.75, 3.05) is 32.8 Å². The highest BCUT2D eigenvalue weighted by molar-refractivity contribution is 4.87. The molecule has 3 rings (SSSR count). The zero-order chi connectivity index (χ0) is 14.5. The van der Waals surface area contributed by atoms with Crippen molar-refractivity contribution in [3.63, 3.8) is 0 Å². The molecule has 0 spiro atoms. The van der Waals surface area contributed by atoms with Crippen molar-refractivity contribution in [3.05, 3.63) is 0 Å². The number of aliphatic hydroxyl groups excluding tert-OH is 1. The molecule has 21 heavy (non-hydrogen) atoms. The van der Waals surface area contributed by atoms with Gasteiger partial charge in [-0.25, -0.2) is 0 Å². The van der Waals surface area contributed by atoms with E-state index in [1.54, 1.807) is 0 Å².